The standard InChI is InChI=1S/C13H19N3O3/c1-9(10-5-3-4-6-11(10)19-2)16-13(18)8-15-12(17)7-14/h3-6,9H,7-8,14H2,1-2H3,(H,15,17)(H,16,18). The summed E-state index contributed by atoms with van der Waals surface area (Å²) in [6.45, 7) is 1.63. The topological polar surface area (TPSA) is 93.5 Å². The Balaban J connectivity index is 2.56. The molecule has 1 aromatic rings. The second-order valence-corrected chi connectivity index (χ2v) is 4.01. The summed E-state index contributed by atoms with van der Waals surface area (Å²) in [6.07, 6.45) is 0. The third-order valence-electron chi connectivity index (χ3n) is 2.61. The minimum atomic E-state index is -0.361. The lowest BCUT2D eigenvalue weighted by Crippen LogP contribution is -2.40. The molecule has 104 valence electrons. The lowest BCUT2D eigenvalue weighted by atomic mass is 10.1. The third kappa shape index (κ3) is 4.59. The molecule has 0 aliphatic heterocycles. The summed E-state index contributed by atoms with van der Waals surface area (Å²) in [5, 5.41) is 5.19. The molecule has 0 aromatic heterocycles. The first-order chi connectivity index (χ1) is 9.08. The Hall–Kier alpha value is -2.08. The van der Waals surface area contributed by atoms with Gasteiger partial charge in [-0.15, -0.1) is 0 Å². The van der Waals surface area contributed by atoms with E-state index in [1.54, 1.807) is 7.11 Å². The van der Waals surface area contributed by atoms with Crippen molar-refractivity contribution in [3.63, 3.8) is 0 Å². The van der Waals surface area contributed by atoms with Gasteiger partial charge in [0.15, 0.2) is 0 Å². The van der Waals surface area contributed by atoms with Crippen LogP contribution in [0.1, 0.15) is 18.5 Å². The minimum Gasteiger partial charge on any atom is -0.496 e. The first-order valence-corrected chi connectivity index (χ1v) is 5.97. The molecule has 0 radical (unpaired) electrons. The maximum Gasteiger partial charge on any atom is 0.239 e. The minimum absolute atomic E-state index is 0.0878. The van der Waals surface area contributed by atoms with Crippen LogP contribution in [0.2, 0.25) is 0 Å². The number of para-hydroxylation sites is 1. The second-order valence-electron chi connectivity index (χ2n) is 4.01. The molecule has 1 rings (SSSR count). The van der Waals surface area contributed by atoms with E-state index in [2.05, 4.69) is 10.6 Å². The molecule has 0 spiro atoms. The van der Waals surface area contributed by atoms with Gasteiger partial charge in [-0.3, -0.25) is 9.59 Å². The summed E-state index contributed by atoms with van der Waals surface area (Å²) in [5.41, 5.74) is 6.01. The number of amides is 2. The molecular weight excluding hydrogens is 246 g/mol. The average molecular weight is 265 g/mol. The Kier molecular flexibility index (Phi) is 5.81. The number of hydrogen-bond donors (Lipinski definition) is 3. The van der Waals surface area contributed by atoms with Gasteiger partial charge in [-0.05, 0) is 13.0 Å². The fourth-order valence-corrected chi connectivity index (χ4v) is 1.65. The number of carbonyl (C=O) groups excluding carboxylic acids is 2. The summed E-state index contributed by atoms with van der Waals surface area (Å²) in [7, 11) is 1.58. The van der Waals surface area contributed by atoms with E-state index in [9.17, 15) is 9.59 Å². The van der Waals surface area contributed by atoms with E-state index in [0.717, 1.165) is 5.56 Å². The van der Waals surface area contributed by atoms with Crippen molar-refractivity contribution >= 4 is 11.8 Å². The Morgan fingerprint density at radius 2 is 2.00 bits per heavy atom. The molecule has 1 atom stereocenters. The number of carbonyl (C=O) groups is 2. The number of ether oxygens (including phenoxy) is 1. The quantitative estimate of drug-likeness (QED) is 0.672. The maximum atomic E-state index is 11.6. The number of nitrogens with two attached hydrogens (primary N) is 1. The Morgan fingerprint density at radius 1 is 1.32 bits per heavy atom. The normalized spacial score (nSPS) is 11.5. The number of hydrogen-bond acceptors (Lipinski definition) is 4. The molecule has 6 nitrogen and oxygen atoms in total. The highest BCUT2D eigenvalue weighted by Gasteiger charge is 2.13. The Labute approximate surface area is 112 Å². The maximum absolute atomic E-state index is 11.6. The molecule has 4 N–H and O–H groups in total. The van der Waals surface area contributed by atoms with E-state index in [4.69, 9.17) is 10.5 Å². The molecule has 0 aliphatic rings. The largest absolute Gasteiger partial charge is 0.496 e. The van der Waals surface area contributed by atoms with Crippen LogP contribution in [0.3, 0.4) is 0 Å². The van der Waals surface area contributed by atoms with Gasteiger partial charge >= 0.3 is 0 Å². The third-order valence-corrected chi connectivity index (χ3v) is 2.61. The highest BCUT2D eigenvalue weighted by atomic mass is 16.5. The number of methoxy groups -OCH3 is 1. The van der Waals surface area contributed by atoms with Gasteiger partial charge in [0.1, 0.15) is 5.75 Å². The first kappa shape index (κ1) is 15.0. The summed E-state index contributed by atoms with van der Waals surface area (Å²) in [6, 6.07) is 7.23. The van der Waals surface area contributed by atoms with E-state index in [1.165, 1.54) is 0 Å². The summed E-state index contributed by atoms with van der Waals surface area (Å²) in [5.74, 6) is 0.0709. The van der Waals surface area contributed by atoms with Crippen LogP contribution in [-0.4, -0.2) is 32.0 Å². The predicted molar refractivity (Wildman–Crippen MR) is 71.6 cm³/mol. The summed E-state index contributed by atoms with van der Waals surface area (Å²) >= 11 is 0. The van der Waals surface area contributed by atoms with Gasteiger partial charge in [-0.1, -0.05) is 18.2 Å². The van der Waals surface area contributed by atoms with Crippen LogP contribution in [-0.2, 0) is 9.59 Å². The fourth-order valence-electron chi connectivity index (χ4n) is 1.65. The van der Waals surface area contributed by atoms with Crippen molar-refractivity contribution in [2.75, 3.05) is 20.2 Å². The monoisotopic (exact) mass is 265 g/mol. The van der Waals surface area contributed by atoms with Crippen LogP contribution in [0.4, 0.5) is 0 Å². The molecule has 19 heavy (non-hydrogen) atoms. The zero-order valence-electron chi connectivity index (χ0n) is 11.1. The Bertz CT molecular complexity index is 449. The van der Waals surface area contributed by atoms with Crippen molar-refractivity contribution in [2.24, 2.45) is 5.73 Å². The molecule has 6 heteroatoms. The highest BCUT2D eigenvalue weighted by Crippen LogP contribution is 2.23. The van der Waals surface area contributed by atoms with Gasteiger partial charge in [-0.25, -0.2) is 0 Å². The van der Waals surface area contributed by atoms with Crippen molar-refractivity contribution in [3.8, 4) is 5.75 Å². The van der Waals surface area contributed by atoms with Crippen LogP contribution in [0.5, 0.6) is 5.75 Å². The smallest absolute Gasteiger partial charge is 0.239 e. The van der Waals surface area contributed by atoms with Crippen LogP contribution >= 0.6 is 0 Å². The van der Waals surface area contributed by atoms with Crippen LogP contribution in [0.15, 0.2) is 24.3 Å². The van der Waals surface area contributed by atoms with E-state index < -0.39 is 0 Å². The summed E-state index contributed by atoms with van der Waals surface area (Å²) in [4.78, 5) is 22.6. The number of rotatable bonds is 6. The molecule has 1 aromatic carbocycles. The van der Waals surface area contributed by atoms with Gasteiger partial charge in [0.05, 0.1) is 26.2 Å². The van der Waals surface area contributed by atoms with Gasteiger partial charge in [0, 0.05) is 5.56 Å². The predicted octanol–water partition coefficient (Wildman–Crippen LogP) is -0.0527. The average Bonchev–Trinajstić information content (AvgIpc) is 2.44. The lowest BCUT2D eigenvalue weighted by molar-refractivity contribution is -0.125. The zero-order chi connectivity index (χ0) is 14.3. The van der Waals surface area contributed by atoms with Crippen molar-refractivity contribution < 1.29 is 14.3 Å². The van der Waals surface area contributed by atoms with E-state index in [1.807, 2.05) is 31.2 Å². The van der Waals surface area contributed by atoms with Gasteiger partial charge in [-0.2, -0.15) is 0 Å². The first-order valence-electron chi connectivity index (χ1n) is 5.97. The Morgan fingerprint density at radius 3 is 2.63 bits per heavy atom. The fraction of sp³-hybridized carbons (Fsp3) is 0.385. The van der Waals surface area contributed by atoms with Crippen molar-refractivity contribution in [2.45, 2.75) is 13.0 Å². The van der Waals surface area contributed by atoms with E-state index in [-0.39, 0.29) is 30.9 Å². The molecule has 1 unspecified atom stereocenters. The highest BCUT2D eigenvalue weighted by molar-refractivity contribution is 5.85. The molecule has 2 amide bonds. The molecule has 0 aliphatic carbocycles. The number of nitrogens with one attached hydrogen (secondary N) is 2. The van der Waals surface area contributed by atoms with Crippen molar-refractivity contribution in [3.05, 3.63) is 29.8 Å². The molecular formula is C13H19N3O3. The zero-order valence-corrected chi connectivity index (χ0v) is 11.1. The molecule has 0 heterocycles. The van der Waals surface area contributed by atoms with Crippen molar-refractivity contribution in [1.82, 2.24) is 10.6 Å². The van der Waals surface area contributed by atoms with E-state index in [0.29, 0.717) is 5.75 Å². The van der Waals surface area contributed by atoms with E-state index >= 15 is 0 Å². The summed E-state index contributed by atoms with van der Waals surface area (Å²) < 4.78 is 5.23. The molecule has 0 saturated heterocycles. The molecule has 0 saturated carbocycles. The van der Waals surface area contributed by atoms with Crippen LogP contribution in [0, 0.1) is 0 Å². The van der Waals surface area contributed by atoms with Gasteiger partial charge in [0.25, 0.3) is 0 Å². The SMILES string of the molecule is COc1ccccc1C(C)NC(=O)CNC(=O)CN. The van der Waals surface area contributed by atoms with Crippen LogP contribution < -0.4 is 21.1 Å². The molecule has 0 fully saturated rings. The lowest BCUT2D eigenvalue weighted by Gasteiger charge is -2.17. The number of benzene rings is 1. The second kappa shape index (κ2) is 7.38. The van der Waals surface area contributed by atoms with Gasteiger partial charge < -0.3 is 21.1 Å². The van der Waals surface area contributed by atoms with Crippen LogP contribution in [0.25, 0.3) is 0 Å². The molecule has 0 bridgehead atoms. The van der Waals surface area contributed by atoms with Crippen molar-refractivity contribution in [1.29, 1.82) is 0 Å². The van der Waals surface area contributed by atoms with Gasteiger partial charge in [0.2, 0.25) is 11.8 Å².